The molecule has 1 heterocycles. The molecule has 7 heteroatoms. The van der Waals surface area contributed by atoms with E-state index in [4.69, 9.17) is 4.99 Å². The van der Waals surface area contributed by atoms with Crippen molar-refractivity contribution < 1.29 is 0 Å². The Morgan fingerprint density at radius 3 is 2.62 bits per heavy atom. The van der Waals surface area contributed by atoms with Crippen molar-refractivity contribution in [1.82, 2.24) is 25.4 Å². The van der Waals surface area contributed by atoms with Crippen LogP contribution in [0.5, 0.6) is 0 Å². The number of nitrogens with one attached hydrogen (secondary N) is 2. The van der Waals surface area contributed by atoms with Crippen molar-refractivity contribution in [3.05, 3.63) is 41.2 Å². The summed E-state index contributed by atoms with van der Waals surface area (Å²) in [6.45, 7) is 6.60. The quantitative estimate of drug-likeness (QED) is 0.280. The normalized spacial score (nSPS) is 15.1. The molecule has 3 rings (SSSR count). The van der Waals surface area contributed by atoms with Gasteiger partial charge in [-0.2, -0.15) is 0 Å². The summed E-state index contributed by atoms with van der Waals surface area (Å²) < 4.78 is 2.40. The van der Waals surface area contributed by atoms with E-state index in [1.54, 1.807) is 11.8 Å². The molecule has 158 valence electrons. The van der Waals surface area contributed by atoms with Crippen LogP contribution in [-0.4, -0.2) is 40.1 Å². The number of aliphatic imine (C=N–C) groups is 1. The molecule has 0 bridgehead atoms. The van der Waals surface area contributed by atoms with Crippen LogP contribution in [0, 0.1) is 6.92 Å². The molecule has 0 saturated heterocycles. The molecule has 0 atom stereocenters. The van der Waals surface area contributed by atoms with Gasteiger partial charge in [-0.25, -0.2) is 4.99 Å². The molecule has 1 aromatic heterocycles. The topological polar surface area (TPSA) is 67.1 Å². The third-order valence-electron chi connectivity index (χ3n) is 5.36. The number of aromatic nitrogens is 3. The van der Waals surface area contributed by atoms with Gasteiger partial charge >= 0.3 is 0 Å². The first-order chi connectivity index (χ1) is 14.2. The SMILES string of the molecule is CCNC(=NCc1ccc(C)cc1)NCCCc1nnc(SC)n1C1CCCC1. The zero-order valence-corrected chi connectivity index (χ0v) is 18.8. The van der Waals surface area contributed by atoms with E-state index in [1.165, 1.54) is 36.8 Å². The lowest BCUT2D eigenvalue weighted by atomic mass is 10.1. The average Bonchev–Trinajstić information content (AvgIpc) is 3.39. The van der Waals surface area contributed by atoms with Gasteiger partial charge in [-0.1, -0.05) is 54.4 Å². The number of hydrogen-bond donors (Lipinski definition) is 2. The molecule has 1 saturated carbocycles. The lowest BCUT2D eigenvalue weighted by Gasteiger charge is -2.16. The highest BCUT2D eigenvalue weighted by molar-refractivity contribution is 7.98. The lowest BCUT2D eigenvalue weighted by Crippen LogP contribution is -2.37. The van der Waals surface area contributed by atoms with Crippen molar-refractivity contribution in [2.45, 2.75) is 70.1 Å². The number of guanidine groups is 1. The summed E-state index contributed by atoms with van der Waals surface area (Å²) in [6.07, 6.45) is 9.19. The second kappa shape index (κ2) is 11.2. The highest BCUT2D eigenvalue weighted by Gasteiger charge is 2.23. The van der Waals surface area contributed by atoms with Gasteiger partial charge in [-0.3, -0.25) is 0 Å². The van der Waals surface area contributed by atoms with Crippen LogP contribution in [0.2, 0.25) is 0 Å². The van der Waals surface area contributed by atoms with Crippen molar-refractivity contribution in [1.29, 1.82) is 0 Å². The van der Waals surface area contributed by atoms with E-state index in [0.717, 1.165) is 42.9 Å². The summed E-state index contributed by atoms with van der Waals surface area (Å²) in [5.74, 6) is 2.00. The van der Waals surface area contributed by atoms with Crippen molar-refractivity contribution >= 4 is 17.7 Å². The third-order valence-corrected chi connectivity index (χ3v) is 6.01. The van der Waals surface area contributed by atoms with Gasteiger partial charge in [0.25, 0.3) is 0 Å². The van der Waals surface area contributed by atoms with Gasteiger partial charge in [-0.15, -0.1) is 10.2 Å². The van der Waals surface area contributed by atoms with Crippen molar-refractivity contribution in [2.24, 2.45) is 4.99 Å². The number of thioether (sulfide) groups is 1. The summed E-state index contributed by atoms with van der Waals surface area (Å²) in [7, 11) is 0. The van der Waals surface area contributed by atoms with Crippen molar-refractivity contribution in [3.8, 4) is 0 Å². The fourth-order valence-electron chi connectivity index (χ4n) is 3.81. The summed E-state index contributed by atoms with van der Waals surface area (Å²) in [5, 5.41) is 16.8. The smallest absolute Gasteiger partial charge is 0.191 e. The first kappa shape index (κ1) is 21.7. The Morgan fingerprint density at radius 1 is 1.17 bits per heavy atom. The molecule has 0 spiro atoms. The molecule has 2 N–H and O–H groups in total. The van der Waals surface area contributed by atoms with Gasteiger partial charge in [0, 0.05) is 25.6 Å². The molecule has 1 aromatic carbocycles. The van der Waals surface area contributed by atoms with Gasteiger partial charge < -0.3 is 15.2 Å². The first-order valence-electron chi connectivity index (χ1n) is 10.8. The Morgan fingerprint density at radius 2 is 1.93 bits per heavy atom. The minimum Gasteiger partial charge on any atom is -0.357 e. The molecular formula is C22H34N6S. The monoisotopic (exact) mass is 414 g/mol. The Hall–Kier alpha value is -2.02. The van der Waals surface area contributed by atoms with Gasteiger partial charge in [0.15, 0.2) is 11.1 Å². The molecule has 6 nitrogen and oxygen atoms in total. The van der Waals surface area contributed by atoms with Crippen LogP contribution in [0.25, 0.3) is 0 Å². The maximum atomic E-state index is 4.71. The second-order valence-electron chi connectivity index (χ2n) is 7.62. The van der Waals surface area contributed by atoms with Crippen LogP contribution >= 0.6 is 11.8 Å². The lowest BCUT2D eigenvalue weighted by molar-refractivity contribution is 0.460. The van der Waals surface area contributed by atoms with Crippen LogP contribution in [0.3, 0.4) is 0 Å². The molecule has 1 aliphatic rings. The van der Waals surface area contributed by atoms with Gasteiger partial charge in [-0.05, 0) is 44.9 Å². The predicted molar refractivity (Wildman–Crippen MR) is 122 cm³/mol. The molecule has 1 aliphatic carbocycles. The molecule has 1 fully saturated rings. The molecule has 0 amide bonds. The van der Waals surface area contributed by atoms with E-state index in [9.17, 15) is 0 Å². The summed E-state index contributed by atoms with van der Waals surface area (Å²) in [5.41, 5.74) is 2.50. The van der Waals surface area contributed by atoms with Crippen molar-refractivity contribution in [3.63, 3.8) is 0 Å². The summed E-state index contributed by atoms with van der Waals surface area (Å²) >= 11 is 1.70. The molecule has 2 aromatic rings. The average molecular weight is 415 g/mol. The van der Waals surface area contributed by atoms with Crippen LogP contribution in [0.15, 0.2) is 34.4 Å². The van der Waals surface area contributed by atoms with Gasteiger partial charge in [0.05, 0.1) is 6.54 Å². The molecule has 0 unspecified atom stereocenters. The minimum atomic E-state index is 0.587. The minimum absolute atomic E-state index is 0.587. The van der Waals surface area contributed by atoms with E-state index in [-0.39, 0.29) is 0 Å². The van der Waals surface area contributed by atoms with Crippen LogP contribution in [-0.2, 0) is 13.0 Å². The fraction of sp³-hybridized carbons (Fsp3) is 0.591. The zero-order chi connectivity index (χ0) is 20.5. The number of aryl methyl sites for hydroxylation is 2. The van der Waals surface area contributed by atoms with Crippen LogP contribution in [0.1, 0.15) is 62.0 Å². The van der Waals surface area contributed by atoms with Gasteiger partial charge in [0.2, 0.25) is 0 Å². The third kappa shape index (κ3) is 6.23. The standard InChI is InChI=1S/C22H34N6S/c1-4-23-21(25-16-18-13-11-17(2)12-14-18)24-15-7-10-20-26-27-22(29-3)28(20)19-8-5-6-9-19/h11-14,19H,4-10,15-16H2,1-3H3,(H2,23,24,25). The van der Waals surface area contributed by atoms with E-state index >= 15 is 0 Å². The van der Waals surface area contributed by atoms with Crippen LogP contribution in [0.4, 0.5) is 0 Å². The first-order valence-corrected chi connectivity index (χ1v) is 12.0. The zero-order valence-electron chi connectivity index (χ0n) is 17.9. The van der Waals surface area contributed by atoms with Crippen molar-refractivity contribution in [2.75, 3.05) is 19.3 Å². The molecular weight excluding hydrogens is 380 g/mol. The highest BCUT2D eigenvalue weighted by atomic mass is 32.2. The fourth-order valence-corrected chi connectivity index (χ4v) is 4.38. The molecule has 0 radical (unpaired) electrons. The highest BCUT2D eigenvalue weighted by Crippen LogP contribution is 2.33. The Labute approximate surface area is 179 Å². The van der Waals surface area contributed by atoms with E-state index in [1.807, 2.05) is 0 Å². The number of nitrogens with zero attached hydrogens (tertiary/aromatic N) is 4. The summed E-state index contributed by atoms with van der Waals surface area (Å²) in [4.78, 5) is 4.71. The van der Waals surface area contributed by atoms with E-state index in [2.05, 4.69) is 69.8 Å². The Balaban J connectivity index is 1.52. The number of rotatable bonds is 9. The predicted octanol–water partition coefficient (Wildman–Crippen LogP) is 4.11. The number of benzene rings is 1. The maximum Gasteiger partial charge on any atom is 0.191 e. The Kier molecular flexibility index (Phi) is 8.40. The van der Waals surface area contributed by atoms with Gasteiger partial charge in [0.1, 0.15) is 5.82 Å². The molecule has 0 aliphatic heterocycles. The second-order valence-corrected chi connectivity index (χ2v) is 8.40. The van der Waals surface area contributed by atoms with E-state index < -0.39 is 0 Å². The number of hydrogen-bond acceptors (Lipinski definition) is 4. The van der Waals surface area contributed by atoms with Crippen LogP contribution < -0.4 is 10.6 Å². The van der Waals surface area contributed by atoms with E-state index in [0.29, 0.717) is 12.6 Å². The molecule has 29 heavy (non-hydrogen) atoms. The maximum absolute atomic E-state index is 4.71. The largest absolute Gasteiger partial charge is 0.357 e. The summed E-state index contributed by atoms with van der Waals surface area (Å²) in [6, 6.07) is 9.13. The Bertz CT molecular complexity index is 777.